The Morgan fingerprint density at radius 3 is 2.29 bits per heavy atom. The number of rotatable bonds is 11. The van der Waals surface area contributed by atoms with Gasteiger partial charge < -0.3 is 15.4 Å². The molecule has 0 aliphatic rings. The smallest absolute Gasteiger partial charge is 0.387 e. The molecule has 3 rings (SSSR count). The van der Waals surface area contributed by atoms with Gasteiger partial charge in [-0.3, -0.25) is 9.59 Å². The van der Waals surface area contributed by atoms with Crippen molar-refractivity contribution in [2.45, 2.75) is 25.5 Å². The highest BCUT2D eigenvalue weighted by molar-refractivity contribution is 7.98. The molecule has 0 aliphatic carbocycles. The third-order valence-electron chi connectivity index (χ3n) is 5.05. The number of anilines is 1. The fraction of sp³-hybridized carbons (Fsp3) is 0.231. The topological polar surface area (TPSA) is 67.4 Å². The van der Waals surface area contributed by atoms with E-state index in [1.165, 1.54) is 12.1 Å². The average Bonchev–Trinajstić information content (AvgIpc) is 2.84. The summed E-state index contributed by atoms with van der Waals surface area (Å²) in [6.07, 6.45) is 2.72. The van der Waals surface area contributed by atoms with E-state index in [2.05, 4.69) is 15.4 Å². The Balaban J connectivity index is 1.78. The van der Waals surface area contributed by atoms with Crippen LogP contribution in [0.15, 0.2) is 78.9 Å². The van der Waals surface area contributed by atoms with Crippen LogP contribution in [0, 0.1) is 0 Å². The highest BCUT2D eigenvalue weighted by Crippen LogP contribution is 2.27. The first kappa shape index (κ1) is 25.2. The normalized spacial score (nSPS) is 11.6. The molecule has 0 bridgehead atoms. The zero-order valence-electron chi connectivity index (χ0n) is 18.7. The number of alkyl halides is 2. The van der Waals surface area contributed by atoms with Crippen LogP contribution >= 0.6 is 11.8 Å². The summed E-state index contributed by atoms with van der Waals surface area (Å²) in [7, 11) is 0. The van der Waals surface area contributed by atoms with Gasteiger partial charge in [-0.15, -0.1) is 0 Å². The summed E-state index contributed by atoms with van der Waals surface area (Å²) in [6.45, 7) is -2.96. The molecule has 0 heterocycles. The molecule has 0 aliphatic heterocycles. The van der Waals surface area contributed by atoms with Crippen molar-refractivity contribution >= 4 is 29.3 Å². The van der Waals surface area contributed by atoms with E-state index in [0.29, 0.717) is 35.4 Å². The molecule has 0 saturated carbocycles. The minimum Gasteiger partial charge on any atom is -0.435 e. The van der Waals surface area contributed by atoms with Crippen LogP contribution in [0.3, 0.4) is 0 Å². The molecule has 2 amide bonds. The summed E-state index contributed by atoms with van der Waals surface area (Å²) >= 11 is 1.57. The van der Waals surface area contributed by atoms with E-state index in [1.54, 1.807) is 42.1 Å². The van der Waals surface area contributed by atoms with Crippen molar-refractivity contribution in [1.82, 2.24) is 5.32 Å². The van der Waals surface area contributed by atoms with Crippen LogP contribution in [-0.4, -0.2) is 36.5 Å². The summed E-state index contributed by atoms with van der Waals surface area (Å²) in [6, 6.07) is 21.8. The number of hydrogen-bond donors (Lipinski definition) is 2. The molecule has 8 heteroatoms. The predicted octanol–water partition coefficient (Wildman–Crippen LogP) is 5.37. The van der Waals surface area contributed by atoms with Crippen LogP contribution in [-0.2, 0) is 11.2 Å². The Hall–Kier alpha value is -3.39. The molecule has 178 valence electrons. The van der Waals surface area contributed by atoms with Gasteiger partial charge in [0, 0.05) is 23.2 Å². The standard InChI is InChI=1S/C26H26F2N2O3S/c1-34-15-14-22(30-24(31)19-10-6-3-7-11-19)25(32)29-21-12-13-23(33-26(27)28)20(17-21)16-18-8-4-2-5-9-18/h2-13,17,22,26H,14-16H2,1H3,(H,29,32)(H,30,31). The number of carbonyl (C=O) groups excluding carboxylic acids is 2. The van der Waals surface area contributed by atoms with Crippen LogP contribution in [0.25, 0.3) is 0 Å². The molecule has 1 unspecified atom stereocenters. The summed E-state index contributed by atoms with van der Waals surface area (Å²) in [5, 5.41) is 5.60. The molecule has 0 radical (unpaired) electrons. The van der Waals surface area contributed by atoms with Crippen LogP contribution in [0.1, 0.15) is 27.9 Å². The third-order valence-corrected chi connectivity index (χ3v) is 5.69. The minimum atomic E-state index is -2.96. The summed E-state index contributed by atoms with van der Waals surface area (Å²) in [5.74, 6) is 0.0000998. The Kier molecular flexibility index (Phi) is 9.46. The quantitative estimate of drug-likeness (QED) is 0.384. The van der Waals surface area contributed by atoms with E-state index in [0.717, 1.165) is 5.56 Å². The van der Waals surface area contributed by atoms with Crippen LogP contribution in [0.5, 0.6) is 5.75 Å². The Labute approximate surface area is 201 Å². The highest BCUT2D eigenvalue weighted by atomic mass is 32.2. The second kappa shape index (κ2) is 12.7. The molecule has 5 nitrogen and oxygen atoms in total. The van der Waals surface area contributed by atoms with E-state index in [4.69, 9.17) is 0 Å². The molecule has 0 aromatic heterocycles. The van der Waals surface area contributed by atoms with E-state index in [1.807, 2.05) is 42.7 Å². The average molecular weight is 485 g/mol. The van der Waals surface area contributed by atoms with E-state index in [9.17, 15) is 18.4 Å². The predicted molar refractivity (Wildman–Crippen MR) is 132 cm³/mol. The van der Waals surface area contributed by atoms with Gasteiger partial charge in [0.15, 0.2) is 0 Å². The SMILES string of the molecule is CSCCC(NC(=O)c1ccccc1)C(=O)Nc1ccc(OC(F)F)c(Cc2ccccc2)c1. The van der Waals surface area contributed by atoms with E-state index < -0.39 is 12.7 Å². The first-order valence-electron chi connectivity index (χ1n) is 10.7. The zero-order chi connectivity index (χ0) is 24.3. The number of amides is 2. The maximum Gasteiger partial charge on any atom is 0.387 e. The Morgan fingerprint density at radius 2 is 1.65 bits per heavy atom. The summed E-state index contributed by atoms with van der Waals surface area (Å²) < 4.78 is 30.5. The van der Waals surface area contributed by atoms with Gasteiger partial charge in [0.25, 0.3) is 5.91 Å². The molecule has 0 saturated heterocycles. The van der Waals surface area contributed by atoms with Gasteiger partial charge in [0.05, 0.1) is 0 Å². The van der Waals surface area contributed by atoms with Gasteiger partial charge in [-0.2, -0.15) is 20.5 Å². The van der Waals surface area contributed by atoms with Crippen LogP contribution < -0.4 is 15.4 Å². The zero-order valence-corrected chi connectivity index (χ0v) is 19.5. The summed E-state index contributed by atoms with van der Waals surface area (Å²) in [5.41, 5.74) is 2.32. The number of carbonyl (C=O) groups is 2. The number of hydrogen-bond acceptors (Lipinski definition) is 4. The van der Waals surface area contributed by atoms with Gasteiger partial charge in [-0.05, 0) is 54.3 Å². The first-order chi connectivity index (χ1) is 16.5. The van der Waals surface area contributed by atoms with E-state index >= 15 is 0 Å². The maximum atomic E-state index is 13.0. The second-order valence-electron chi connectivity index (χ2n) is 7.53. The lowest BCUT2D eigenvalue weighted by Crippen LogP contribution is -2.44. The van der Waals surface area contributed by atoms with Gasteiger partial charge in [-0.25, -0.2) is 0 Å². The minimum absolute atomic E-state index is 0.0492. The number of nitrogens with one attached hydrogen (secondary N) is 2. The molecule has 2 N–H and O–H groups in total. The first-order valence-corrected chi connectivity index (χ1v) is 12.1. The van der Waals surface area contributed by atoms with Crippen molar-refractivity contribution in [3.05, 3.63) is 95.6 Å². The third kappa shape index (κ3) is 7.59. The lowest BCUT2D eigenvalue weighted by Gasteiger charge is -2.19. The van der Waals surface area contributed by atoms with Crippen molar-refractivity contribution < 1.29 is 23.1 Å². The fourth-order valence-corrected chi connectivity index (χ4v) is 3.86. The van der Waals surface area contributed by atoms with Crippen molar-refractivity contribution in [2.75, 3.05) is 17.3 Å². The molecule has 1 atom stereocenters. The fourth-order valence-electron chi connectivity index (χ4n) is 3.39. The lowest BCUT2D eigenvalue weighted by atomic mass is 10.0. The summed E-state index contributed by atoms with van der Waals surface area (Å²) in [4.78, 5) is 25.6. The van der Waals surface area contributed by atoms with Gasteiger partial charge in [0.1, 0.15) is 11.8 Å². The highest BCUT2D eigenvalue weighted by Gasteiger charge is 2.22. The Bertz CT molecular complexity index is 1080. The molecule has 34 heavy (non-hydrogen) atoms. The number of thioether (sulfide) groups is 1. The van der Waals surface area contributed by atoms with Crippen molar-refractivity contribution in [2.24, 2.45) is 0 Å². The second-order valence-corrected chi connectivity index (χ2v) is 8.51. The molecular formula is C26H26F2N2O3S. The monoisotopic (exact) mass is 484 g/mol. The number of ether oxygens (including phenoxy) is 1. The van der Waals surface area contributed by atoms with Crippen molar-refractivity contribution in [3.8, 4) is 5.75 Å². The van der Waals surface area contributed by atoms with Crippen LogP contribution in [0.4, 0.5) is 14.5 Å². The lowest BCUT2D eigenvalue weighted by molar-refractivity contribution is -0.118. The van der Waals surface area contributed by atoms with Crippen LogP contribution in [0.2, 0.25) is 0 Å². The van der Waals surface area contributed by atoms with E-state index in [-0.39, 0.29) is 17.6 Å². The molecule has 0 spiro atoms. The molecular weight excluding hydrogens is 458 g/mol. The largest absolute Gasteiger partial charge is 0.435 e. The van der Waals surface area contributed by atoms with Gasteiger partial charge >= 0.3 is 6.61 Å². The maximum absolute atomic E-state index is 13.0. The molecule has 0 fully saturated rings. The van der Waals surface area contributed by atoms with Crippen molar-refractivity contribution in [3.63, 3.8) is 0 Å². The van der Waals surface area contributed by atoms with Gasteiger partial charge in [0.2, 0.25) is 5.91 Å². The number of benzene rings is 3. The number of halogens is 2. The van der Waals surface area contributed by atoms with Gasteiger partial charge in [-0.1, -0.05) is 48.5 Å². The Morgan fingerprint density at radius 1 is 0.971 bits per heavy atom. The molecule has 3 aromatic carbocycles. The van der Waals surface area contributed by atoms with Crippen molar-refractivity contribution in [1.29, 1.82) is 0 Å². The molecule has 3 aromatic rings.